The van der Waals surface area contributed by atoms with Crippen molar-refractivity contribution in [3.8, 4) is 0 Å². The van der Waals surface area contributed by atoms with Crippen LogP contribution in [0.5, 0.6) is 0 Å². The summed E-state index contributed by atoms with van der Waals surface area (Å²) < 4.78 is 26.8. The minimum absolute atomic E-state index is 0.0121. The number of nitrogen functional groups attached to an aromatic ring is 1. The van der Waals surface area contributed by atoms with Gasteiger partial charge in [0.2, 0.25) is 0 Å². The molecule has 0 atom stereocenters. The molecule has 7 heteroatoms. The molecule has 1 heterocycles. The number of hydrogen-bond donors (Lipinski definition) is 2. The summed E-state index contributed by atoms with van der Waals surface area (Å²) in [6.45, 7) is 1.83. The van der Waals surface area contributed by atoms with E-state index in [1.807, 2.05) is 6.92 Å². The second kappa shape index (κ2) is 5.07. The zero-order chi connectivity index (χ0) is 14.0. The summed E-state index contributed by atoms with van der Waals surface area (Å²) in [5, 5.41) is 0.268. The Morgan fingerprint density at radius 3 is 2.68 bits per heavy atom. The van der Waals surface area contributed by atoms with Crippen LogP contribution in [0.4, 0.5) is 11.4 Å². The van der Waals surface area contributed by atoms with Gasteiger partial charge in [0.15, 0.2) is 0 Å². The van der Waals surface area contributed by atoms with E-state index < -0.39 is 10.0 Å². The molecule has 1 aromatic carbocycles. The molecule has 0 spiro atoms. The summed E-state index contributed by atoms with van der Waals surface area (Å²) in [6.07, 6.45) is 2.81. The number of nitrogens with zero attached hydrogens (tertiary/aromatic N) is 1. The third kappa shape index (κ3) is 2.97. The predicted octanol–water partition coefficient (Wildman–Crippen LogP) is 2.43. The summed E-state index contributed by atoms with van der Waals surface area (Å²) in [5.74, 6) is 0. The molecular formula is C12H12ClN3O2S. The topological polar surface area (TPSA) is 85.1 Å². The maximum absolute atomic E-state index is 12.2. The lowest BCUT2D eigenvalue weighted by atomic mass is 10.2. The molecule has 0 amide bonds. The van der Waals surface area contributed by atoms with Gasteiger partial charge in [-0.3, -0.25) is 9.71 Å². The number of sulfonamides is 1. The van der Waals surface area contributed by atoms with Crippen molar-refractivity contribution in [1.29, 1.82) is 0 Å². The molecule has 19 heavy (non-hydrogen) atoms. The van der Waals surface area contributed by atoms with E-state index in [9.17, 15) is 8.42 Å². The molecule has 0 bridgehead atoms. The Morgan fingerprint density at radius 2 is 2.05 bits per heavy atom. The van der Waals surface area contributed by atoms with Gasteiger partial charge in [-0.2, -0.15) is 0 Å². The monoisotopic (exact) mass is 297 g/mol. The van der Waals surface area contributed by atoms with Gasteiger partial charge >= 0.3 is 0 Å². The summed E-state index contributed by atoms with van der Waals surface area (Å²) in [7, 11) is -3.78. The molecule has 2 aromatic rings. The molecule has 0 unspecified atom stereocenters. The molecule has 0 fully saturated rings. The largest absolute Gasteiger partial charge is 0.398 e. The quantitative estimate of drug-likeness (QED) is 0.852. The minimum atomic E-state index is -3.78. The molecule has 0 radical (unpaired) electrons. The number of aryl methyl sites for hydroxylation is 1. The third-order valence-corrected chi connectivity index (χ3v) is 4.24. The molecule has 3 N–H and O–H groups in total. The van der Waals surface area contributed by atoms with Crippen LogP contribution in [0.2, 0.25) is 5.02 Å². The Bertz CT molecular complexity index is 717. The van der Waals surface area contributed by atoms with Crippen LogP contribution in [0.3, 0.4) is 0 Å². The lowest BCUT2D eigenvalue weighted by molar-refractivity contribution is 0.601. The van der Waals surface area contributed by atoms with Gasteiger partial charge in [-0.1, -0.05) is 17.7 Å². The first kappa shape index (κ1) is 13.6. The maximum atomic E-state index is 12.2. The summed E-state index contributed by atoms with van der Waals surface area (Å²) in [4.78, 5) is 3.83. The first-order chi connectivity index (χ1) is 8.90. The average Bonchev–Trinajstić information content (AvgIpc) is 2.31. The minimum Gasteiger partial charge on any atom is -0.398 e. The third-order valence-electron chi connectivity index (χ3n) is 2.47. The molecule has 1 aromatic heterocycles. The molecule has 100 valence electrons. The van der Waals surface area contributed by atoms with Gasteiger partial charge < -0.3 is 5.73 Å². The Balaban J connectivity index is 2.41. The summed E-state index contributed by atoms with van der Waals surface area (Å²) in [6, 6.07) is 6.23. The van der Waals surface area contributed by atoms with Crippen molar-refractivity contribution in [2.24, 2.45) is 0 Å². The molecule has 0 saturated carbocycles. The van der Waals surface area contributed by atoms with Gasteiger partial charge in [-0.15, -0.1) is 0 Å². The fraction of sp³-hybridized carbons (Fsp3) is 0.0833. The van der Waals surface area contributed by atoms with Crippen LogP contribution >= 0.6 is 11.6 Å². The first-order valence-electron chi connectivity index (χ1n) is 5.38. The highest BCUT2D eigenvalue weighted by molar-refractivity contribution is 7.92. The van der Waals surface area contributed by atoms with Crippen LogP contribution in [0.1, 0.15) is 5.56 Å². The van der Waals surface area contributed by atoms with Crippen LogP contribution in [-0.4, -0.2) is 13.4 Å². The molecule has 2 rings (SSSR count). The van der Waals surface area contributed by atoms with E-state index in [2.05, 4.69) is 9.71 Å². The smallest absolute Gasteiger partial charge is 0.264 e. The predicted molar refractivity (Wildman–Crippen MR) is 75.6 cm³/mol. The Labute approximate surface area is 116 Å². The van der Waals surface area contributed by atoms with Crippen molar-refractivity contribution in [2.75, 3.05) is 10.5 Å². The number of hydrogen-bond acceptors (Lipinski definition) is 4. The maximum Gasteiger partial charge on any atom is 0.264 e. The van der Waals surface area contributed by atoms with Crippen molar-refractivity contribution < 1.29 is 8.42 Å². The van der Waals surface area contributed by atoms with E-state index in [0.717, 1.165) is 5.56 Å². The van der Waals surface area contributed by atoms with Crippen LogP contribution < -0.4 is 10.5 Å². The Kier molecular flexibility index (Phi) is 3.64. The zero-order valence-corrected chi connectivity index (χ0v) is 11.7. The highest BCUT2D eigenvalue weighted by Gasteiger charge is 2.18. The molecular weight excluding hydrogens is 286 g/mol. The van der Waals surface area contributed by atoms with E-state index in [0.29, 0.717) is 0 Å². The SMILES string of the molecule is Cc1ccc(S(=O)(=O)Nc2cnccc2Cl)c(N)c1. The second-order valence-corrected chi connectivity index (χ2v) is 6.06. The van der Waals surface area contributed by atoms with Crippen molar-refractivity contribution >= 4 is 33.0 Å². The molecule has 5 nitrogen and oxygen atoms in total. The van der Waals surface area contributed by atoms with Gasteiger partial charge in [0.25, 0.3) is 10.0 Å². The van der Waals surface area contributed by atoms with Gasteiger partial charge in [0.1, 0.15) is 4.90 Å². The molecule has 0 aliphatic heterocycles. The number of anilines is 2. The normalized spacial score (nSPS) is 11.3. The van der Waals surface area contributed by atoms with E-state index in [4.69, 9.17) is 17.3 Å². The lowest BCUT2D eigenvalue weighted by Crippen LogP contribution is -2.15. The van der Waals surface area contributed by atoms with Crippen LogP contribution in [0.15, 0.2) is 41.6 Å². The standard InChI is InChI=1S/C12H12ClN3O2S/c1-8-2-3-12(10(14)6-8)19(17,18)16-11-7-15-5-4-9(11)13/h2-7,16H,14H2,1H3. The van der Waals surface area contributed by atoms with E-state index in [1.165, 1.54) is 24.5 Å². The van der Waals surface area contributed by atoms with Gasteiger partial charge in [0, 0.05) is 6.20 Å². The number of aromatic nitrogens is 1. The summed E-state index contributed by atoms with van der Waals surface area (Å²) in [5.41, 5.74) is 7.02. The van der Waals surface area contributed by atoms with Crippen LogP contribution in [-0.2, 0) is 10.0 Å². The Morgan fingerprint density at radius 1 is 1.32 bits per heavy atom. The number of nitrogens with two attached hydrogens (primary N) is 1. The number of halogens is 1. The Hall–Kier alpha value is -1.79. The van der Waals surface area contributed by atoms with Crippen molar-refractivity contribution in [1.82, 2.24) is 4.98 Å². The molecule has 0 saturated heterocycles. The van der Waals surface area contributed by atoms with E-state index in [1.54, 1.807) is 12.1 Å². The fourth-order valence-corrected chi connectivity index (χ4v) is 2.95. The van der Waals surface area contributed by atoms with E-state index in [-0.39, 0.29) is 21.3 Å². The van der Waals surface area contributed by atoms with Crippen LogP contribution in [0.25, 0.3) is 0 Å². The van der Waals surface area contributed by atoms with Crippen LogP contribution in [0, 0.1) is 6.92 Å². The molecule has 0 aliphatic carbocycles. The average molecular weight is 298 g/mol. The van der Waals surface area contributed by atoms with Crippen molar-refractivity contribution in [2.45, 2.75) is 11.8 Å². The second-order valence-electron chi connectivity index (χ2n) is 4.00. The van der Waals surface area contributed by atoms with Gasteiger partial charge in [-0.25, -0.2) is 8.42 Å². The molecule has 0 aliphatic rings. The van der Waals surface area contributed by atoms with Gasteiger partial charge in [-0.05, 0) is 30.7 Å². The highest BCUT2D eigenvalue weighted by atomic mass is 35.5. The zero-order valence-electron chi connectivity index (χ0n) is 10.1. The summed E-state index contributed by atoms with van der Waals surface area (Å²) >= 11 is 5.88. The number of nitrogens with one attached hydrogen (secondary N) is 1. The number of benzene rings is 1. The fourth-order valence-electron chi connectivity index (χ4n) is 1.56. The first-order valence-corrected chi connectivity index (χ1v) is 7.25. The lowest BCUT2D eigenvalue weighted by Gasteiger charge is -2.11. The van der Waals surface area contributed by atoms with Gasteiger partial charge in [0.05, 0.1) is 22.6 Å². The van der Waals surface area contributed by atoms with E-state index >= 15 is 0 Å². The highest BCUT2D eigenvalue weighted by Crippen LogP contribution is 2.25. The van der Waals surface area contributed by atoms with Crippen molar-refractivity contribution in [3.63, 3.8) is 0 Å². The number of pyridine rings is 1. The number of rotatable bonds is 3. The van der Waals surface area contributed by atoms with Crippen molar-refractivity contribution in [3.05, 3.63) is 47.2 Å².